The fourth-order valence-corrected chi connectivity index (χ4v) is 3.49. The molecule has 1 aliphatic heterocycles. The summed E-state index contributed by atoms with van der Waals surface area (Å²) in [5.74, 6) is 0.710. The zero-order valence-corrected chi connectivity index (χ0v) is 11.8. The summed E-state index contributed by atoms with van der Waals surface area (Å²) in [6, 6.07) is 0.000463. The summed E-state index contributed by atoms with van der Waals surface area (Å²) in [5, 5.41) is 0. The fourth-order valence-electron chi connectivity index (χ4n) is 3.49. The molecule has 3 heteroatoms. The number of hydrogen-bond acceptors (Lipinski definition) is 3. The minimum Gasteiger partial charge on any atom is -0.501 e. The first-order valence-corrected chi connectivity index (χ1v) is 7.38. The molecule has 0 bridgehead atoms. The van der Waals surface area contributed by atoms with Crippen LogP contribution < -0.4 is 5.73 Å². The van der Waals surface area contributed by atoms with Crippen LogP contribution in [0.4, 0.5) is 0 Å². The second-order valence-electron chi connectivity index (χ2n) is 5.84. The second kappa shape index (κ2) is 6.07. The van der Waals surface area contributed by atoms with Crippen LogP contribution in [0.5, 0.6) is 0 Å². The van der Waals surface area contributed by atoms with Gasteiger partial charge in [0.1, 0.15) is 0 Å². The van der Waals surface area contributed by atoms with Gasteiger partial charge in [-0.3, -0.25) is 0 Å². The summed E-state index contributed by atoms with van der Waals surface area (Å²) in [6.45, 7) is 5.95. The van der Waals surface area contributed by atoms with Gasteiger partial charge in [0.15, 0.2) is 0 Å². The lowest BCUT2D eigenvalue weighted by Gasteiger charge is -2.45. The number of hydrogen-bond donors (Lipinski definition) is 1. The topological polar surface area (TPSA) is 44.5 Å². The Labute approximate surface area is 111 Å². The molecule has 2 N–H and O–H groups in total. The minimum atomic E-state index is -0.154. The molecule has 0 amide bonds. The van der Waals surface area contributed by atoms with E-state index in [0.717, 1.165) is 38.9 Å². The van der Waals surface area contributed by atoms with E-state index in [0.29, 0.717) is 5.92 Å². The second-order valence-corrected chi connectivity index (χ2v) is 5.84. The Morgan fingerprint density at radius 2 is 2.39 bits per heavy atom. The highest BCUT2D eigenvalue weighted by Crippen LogP contribution is 2.40. The summed E-state index contributed by atoms with van der Waals surface area (Å²) < 4.78 is 11.6. The average Bonchev–Trinajstić information content (AvgIpc) is 2.39. The lowest BCUT2D eigenvalue weighted by Crippen LogP contribution is -2.54. The van der Waals surface area contributed by atoms with E-state index in [-0.39, 0.29) is 11.6 Å². The van der Waals surface area contributed by atoms with Crippen molar-refractivity contribution in [2.45, 2.75) is 64.0 Å². The smallest absolute Gasteiger partial charge is 0.0876 e. The first-order valence-electron chi connectivity index (χ1n) is 7.38. The third-order valence-electron chi connectivity index (χ3n) is 4.35. The summed E-state index contributed by atoms with van der Waals surface area (Å²) in [7, 11) is 0. The highest BCUT2D eigenvalue weighted by Gasteiger charge is 2.42. The van der Waals surface area contributed by atoms with Gasteiger partial charge in [0.25, 0.3) is 0 Å². The van der Waals surface area contributed by atoms with Crippen molar-refractivity contribution in [2.24, 2.45) is 11.7 Å². The molecule has 1 aliphatic carbocycles. The van der Waals surface area contributed by atoms with E-state index >= 15 is 0 Å². The molecule has 0 aromatic heterocycles. The molecule has 18 heavy (non-hydrogen) atoms. The molecule has 0 saturated heterocycles. The highest BCUT2D eigenvalue weighted by atomic mass is 16.5. The molecule has 3 atom stereocenters. The molecule has 3 nitrogen and oxygen atoms in total. The van der Waals surface area contributed by atoms with Crippen molar-refractivity contribution >= 4 is 0 Å². The maximum Gasteiger partial charge on any atom is 0.0876 e. The highest BCUT2D eigenvalue weighted by molar-refractivity contribution is 5.17. The van der Waals surface area contributed by atoms with Gasteiger partial charge in [-0.25, -0.2) is 0 Å². The zero-order chi connectivity index (χ0) is 13.0. The van der Waals surface area contributed by atoms with E-state index < -0.39 is 0 Å². The van der Waals surface area contributed by atoms with Crippen molar-refractivity contribution < 1.29 is 9.47 Å². The molecule has 0 aromatic carbocycles. The molecule has 104 valence electrons. The van der Waals surface area contributed by atoms with Crippen molar-refractivity contribution in [2.75, 3.05) is 13.2 Å². The monoisotopic (exact) mass is 253 g/mol. The first-order chi connectivity index (χ1) is 8.68. The summed E-state index contributed by atoms with van der Waals surface area (Å²) in [6.07, 6.45) is 8.72. The van der Waals surface area contributed by atoms with Gasteiger partial charge in [-0.2, -0.15) is 0 Å². The summed E-state index contributed by atoms with van der Waals surface area (Å²) in [4.78, 5) is 0. The maximum atomic E-state index is 6.53. The van der Waals surface area contributed by atoms with E-state index in [9.17, 15) is 0 Å². The molecule has 1 fully saturated rings. The Hall–Kier alpha value is -0.540. The van der Waals surface area contributed by atoms with Gasteiger partial charge < -0.3 is 15.2 Å². The van der Waals surface area contributed by atoms with Gasteiger partial charge in [-0.1, -0.05) is 19.8 Å². The van der Waals surface area contributed by atoms with Crippen LogP contribution in [0.2, 0.25) is 0 Å². The zero-order valence-electron chi connectivity index (χ0n) is 11.8. The number of rotatable bonds is 4. The van der Waals surface area contributed by atoms with Crippen molar-refractivity contribution in [1.29, 1.82) is 0 Å². The van der Waals surface area contributed by atoms with Gasteiger partial charge in [-0.05, 0) is 44.1 Å². The fraction of sp³-hybridized carbons (Fsp3) is 0.867. The van der Waals surface area contributed by atoms with Crippen LogP contribution in [0.15, 0.2) is 11.8 Å². The molecular weight excluding hydrogens is 226 g/mol. The quantitative estimate of drug-likeness (QED) is 0.837. The molecule has 0 radical (unpaired) electrons. The number of nitrogens with two attached hydrogens (primary N) is 1. The lowest BCUT2D eigenvalue weighted by molar-refractivity contribution is -0.0870. The van der Waals surface area contributed by atoms with Crippen molar-refractivity contribution in [3.63, 3.8) is 0 Å². The van der Waals surface area contributed by atoms with Crippen LogP contribution in [0.3, 0.4) is 0 Å². The van der Waals surface area contributed by atoms with Gasteiger partial charge in [0.05, 0.1) is 24.5 Å². The van der Waals surface area contributed by atoms with Crippen molar-refractivity contribution in [3.8, 4) is 0 Å². The van der Waals surface area contributed by atoms with Crippen LogP contribution in [0, 0.1) is 5.92 Å². The summed E-state index contributed by atoms with van der Waals surface area (Å²) in [5.41, 5.74) is 7.62. The average molecular weight is 253 g/mol. The normalized spacial score (nSPS) is 34.6. The Bertz CT molecular complexity index is 299. The van der Waals surface area contributed by atoms with E-state index in [1.54, 1.807) is 0 Å². The Kier molecular flexibility index (Phi) is 4.68. The first kappa shape index (κ1) is 13.9. The third-order valence-corrected chi connectivity index (χ3v) is 4.35. The molecule has 1 saturated carbocycles. The van der Waals surface area contributed by atoms with Gasteiger partial charge >= 0.3 is 0 Å². The van der Waals surface area contributed by atoms with Gasteiger partial charge in [0.2, 0.25) is 0 Å². The molecule has 0 aromatic rings. The van der Waals surface area contributed by atoms with E-state index in [1.807, 2.05) is 6.26 Å². The largest absolute Gasteiger partial charge is 0.501 e. The van der Waals surface area contributed by atoms with Crippen LogP contribution in [0.1, 0.15) is 52.4 Å². The van der Waals surface area contributed by atoms with Gasteiger partial charge in [-0.15, -0.1) is 0 Å². The van der Waals surface area contributed by atoms with Crippen LogP contribution in [-0.2, 0) is 9.47 Å². The van der Waals surface area contributed by atoms with E-state index in [1.165, 1.54) is 18.4 Å². The molecule has 1 heterocycles. The predicted molar refractivity (Wildman–Crippen MR) is 73.2 cm³/mol. The van der Waals surface area contributed by atoms with Crippen LogP contribution in [-0.4, -0.2) is 24.9 Å². The van der Waals surface area contributed by atoms with E-state index in [2.05, 4.69) is 13.8 Å². The Morgan fingerprint density at radius 3 is 3.00 bits per heavy atom. The van der Waals surface area contributed by atoms with Crippen molar-refractivity contribution in [3.05, 3.63) is 11.8 Å². The minimum absolute atomic E-state index is 0.000463. The predicted octanol–water partition coefficient (Wildman–Crippen LogP) is 2.99. The Balaban J connectivity index is 2.14. The molecule has 3 unspecified atom stereocenters. The molecule has 0 spiro atoms. The SMILES string of the molecule is CCOC1(C(N)C2=COCCC2)CCCC(C)C1. The maximum absolute atomic E-state index is 6.53. The molecular formula is C15H27NO2. The molecule has 2 aliphatic rings. The van der Waals surface area contributed by atoms with Gasteiger partial charge in [0, 0.05) is 6.61 Å². The third kappa shape index (κ3) is 2.89. The number of ether oxygens (including phenoxy) is 2. The van der Waals surface area contributed by atoms with Crippen molar-refractivity contribution in [1.82, 2.24) is 0 Å². The summed E-state index contributed by atoms with van der Waals surface area (Å²) >= 11 is 0. The van der Waals surface area contributed by atoms with Crippen LogP contribution in [0.25, 0.3) is 0 Å². The van der Waals surface area contributed by atoms with Crippen LogP contribution >= 0.6 is 0 Å². The Morgan fingerprint density at radius 1 is 1.56 bits per heavy atom. The van der Waals surface area contributed by atoms with E-state index in [4.69, 9.17) is 15.2 Å². The molecule has 2 rings (SSSR count). The standard InChI is InChI=1S/C15H27NO2/c1-3-18-15(8-4-6-12(2)10-15)14(16)13-7-5-9-17-11-13/h11-12,14H,3-10,16H2,1-2H3. The lowest BCUT2D eigenvalue weighted by atomic mass is 9.72.